The van der Waals surface area contributed by atoms with E-state index in [4.69, 9.17) is 9.47 Å². The number of thioether (sulfide) groups is 1. The van der Waals surface area contributed by atoms with Crippen LogP contribution in [0.15, 0.2) is 74.5 Å². The molecule has 1 heterocycles. The smallest absolute Gasteiger partial charge is 0.294 e. The Morgan fingerprint density at radius 3 is 2.46 bits per heavy atom. The van der Waals surface area contributed by atoms with E-state index in [0.29, 0.717) is 33.8 Å². The highest BCUT2D eigenvalue weighted by Crippen LogP contribution is 2.39. The minimum absolute atomic E-state index is 0.213. The molecule has 1 N–H and O–H groups in total. The Morgan fingerprint density at radius 2 is 1.78 bits per heavy atom. The van der Waals surface area contributed by atoms with Gasteiger partial charge in [-0.05, 0) is 116 Å². The monoisotopic (exact) mass is 756 g/mol. The molecule has 3 amide bonds. The van der Waals surface area contributed by atoms with Gasteiger partial charge in [-0.25, -0.2) is 0 Å². The van der Waals surface area contributed by atoms with Gasteiger partial charge in [-0.15, -0.1) is 0 Å². The van der Waals surface area contributed by atoms with Crippen molar-refractivity contribution in [3.8, 4) is 11.5 Å². The van der Waals surface area contributed by atoms with Gasteiger partial charge in [0.1, 0.15) is 13.2 Å². The number of ether oxygens (including phenoxy) is 2. The van der Waals surface area contributed by atoms with Gasteiger partial charge in [0.15, 0.2) is 11.5 Å². The molecule has 0 unspecified atom stereocenters. The third-order valence-corrected chi connectivity index (χ3v) is 7.89. The lowest BCUT2D eigenvalue weighted by atomic mass is 10.1. The molecule has 4 rings (SSSR count). The number of hydrogen-bond donors (Lipinski definition) is 1. The van der Waals surface area contributed by atoms with Crippen molar-refractivity contribution in [1.82, 2.24) is 4.90 Å². The van der Waals surface area contributed by atoms with E-state index in [9.17, 15) is 14.4 Å². The summed E-state index contributed by atoms with van der Waals surface area (Å²) in [5.74, 6) is -0.00308. The number of hydrogen-bond acceptors (Lipinski definition) is 6. The van der Waals surface area contributed by atoms with Gasteiger partial charge in [0.2, 0.25) is 5.91 Å². The maximum atomic E-state index is 12.9. The highest BCUT2D eigenvalue weighted by molar-refractivity contribution is 14.1. The summed E-state index contributed by atoms with van der Waals surface area (Å²) in [7, 11) is 1.53. The number of amides is 3. The zero-order chi connectivity index (χ0) is 26.5. The Kier molecular flexibility index (Phi) is 9.32. The van der Waals surface area contributed by atoms with Crippen molar-refractivity contribution in [2.45, 2.75) is 6.61 Å². The van der Waals surface area contributed by atoms with E-state index in [0.717, 1.165) is 30.3 Å². The van der Waals surface area contributed by atoms with E-state index in [1.165, 1.54) is 7.11 Å². The Hall–Kier alpha value is -2.35. The predicted molar refractivity (Wildman–Crippen MR) is 160 cm³/mol. The molecule has 0 radical (unpaired) electrons. The van der Waals surface area contributed by atoms with Crippen LogP contribution in [0.5, 0.6) is 11.5 Å². The summed E-state index contributed by atoms with van der Waals surface area (Å²) in [5.41, 5.74) is 2.21. The number of rotatable bonds is 8. The number of nitrogens with zero attached hydrogens (tertiary/aromatic N) is 1. The van der Waals surface area contributed by atoms with Crippen LogP contribution in [0.25, 0.3) is 6.08 Å². The minimum atomic E-state index is -0.529. The summed E-state index contributed by atoms with van der Waals surface area (Å²) >= 11 is 9.88. The first-order valence-corrected chi connectivity index (χ1v) is 14.3. The van der Waals surface area contributed by atoms with Crippen LogP contribution in [0.2, 0.25) is 0 Å². The van der Waals surface area contributed by atoms with Crippen LogP contribution in [-0.2, 0) is 16.2 Å². The third-order valence-electron chi connectivity index (χ3n) is 5.15. The second-order valence-corrected chi connectivity index (χ2v) is 11.8. The summed E-state index contributed by atoms with van der Waals surface area (Å²) < 4.78 is 14.1. The number of methoxy groups -OCH3 is 1. The molecule has 3 aromatic rings. The van der Waals surface area contributed by atoms with E-state index in [-0.39, 0.29) is 11.4 Å². The highest BCUT2D eigenvalue weighted by Gasteiger charge is 2.36. The lowest BCUT2D eigenvalue weighted by Gasteiger charge is -2.14. The first-order valence-electron chi connectivity index (χ1n) is 10.8. The van der Waals surface area contributed by atoms with Gasteiger partial charge in [-0.1, -0.05) is 28.1 Å². The van der Waals surface area contributed by atoms with E-state index in [1.807, 2.05) is 36.4 Å². The van der Waals surface area contributed by atoms with Gasteiger partial charge >= 0.3 is 0 Å². The molecule has 0 aromatic heterocycles. The van der Waals surface area contributed by atoms with Crippen molar-refractivity contribution < 1.29 is 23.9 Å². The molecule has 37 heavy (non-hydrogen) atoms. The zero-order valence-corrected chi connectivity index (χ0v) is 25.4. The van der Waals surface area contributed by atoms with Gasteiger partial charge in [0.25, 0.3) is 11.1 Å². The topological polar surface area (TPSA) is 84.9 Å². The van der Waals surface area contributed by atoms with E-state index >= 15 is 0 Å². The zero-order valence-electron chi connectivity index (χ0n) is 19.3. The third kappa shape index (κ3) is 7.15. The first-order chi connectivity index (χ1) is 17.7. The van der Waals surface area contributed by atoms with Crippen molar-refractivity contribution in [3.05, 3.63) is 89.2 Å². The van der Waals surface area contributed by atoms with Crippen LogP contribution >= 0.6 is 66.2 Å². The van der Waals surface area contributed by atoms with Crippen molar-refractivity contribution in [3.63, 3.8) is 0 Å². The fraction of sp³-hybridized carbons (Fsp3) is 0.115. The second kappa shape index (κ2) is 12.5. The SMILES string of the molecule is COc1cc(/C=C2/SC(=O)N(CC(=O)Nc3ccc(I)cc3)C2=O)cc(Br)c1OCc1ccc(Br)cc1. The molecule has 0 atom stereocenters. The highest BCUT2D eigenvalue weighted by atomic mass is 127. The number of carbonyl (C=O) groups excluding carboxylic acids is 3. The molecule has 190 valence electrons. The average molecular weight is 758 g/mol. The predicted octanol–water partition coefficient (Wildman–Crippen LogP) is 7.08. The summed E-state index contributed by atoms with van der Waals surface area (Å²) in [6, 6.07) is 18.5. The molecule has 11 heteroatoms. The normalized spacial score (nSPS) is 14.3. The van der Waals surface area contributed by atoms with Gasteiger partial charge in [-0.2, -0.15) is 0 Å². The molecular weight excluding hydrogens is 739 g/mol. The molecule has 0 bridgehead atoms. The molecule has 1 saturated heterocycles. The first kappa shape index (κ1) is 27.7. The van der Waals surface area contributed by atoms with Crippen molar-refractivity contribution in [2.75, 3.05) is 19.0 Å². The van der Waals surface area contributed by atoms with Gasteiger partial charge in [0, 0.05) is 13.7 Å². The molecule has 1 aliphatic heterocycles. The molecule has 1 fully saturated rings. The minimum Gasteiger partial charge on any atom is -0.493 e. The summed E-state index contributed by atoms with van der Waals surface area (Å²) in [6.45, 7) is -0.0331. The second-order valence-electron chi connectivity index (χ2n) is 7.77. The Balaban J connectivity index is 1.46. The summed E-state index contributed by atoms with van der Waals surface area (Å²) in [6.07, 6.45) is 1.59. The largest absolute Gasteiger partial charge is 0.493 e. The van der Waals surface area contributed by atoms with Crippen molar-refractivity contribution >= 4 is 95.0 Å². The number of imide groups is 1. The fourth-order valence-corrected chi connectivity index (χ4v) is 5.40. The Labute approximate surface area is 248 Å². The van der Waals surface area contributed by atoms with E-state index in [2.05, 4.69) is 59.8 Å². The van der Waals surface area contributed by atoms with Crippen molar-refractivity contribution in [2.24, 2.45) is 0 Å². The number of carbonyl (C=O) groups is 3. The number of benzene rings is 3. The lowest BCUT2D eigenvalue weighted by Crippen LogP contribution is -2.36. The summed E-state index contributed by atoms with van der Waals surface area (Å²) in [4.78, 5) is 39.0. The lowest BCUT2D eigenvalue weighted by molar-refractivity contribution is -0.127. The molecule has 0 aliphatic carbocycles. The number of halogens is 3. The van der Waals surface area contributed by atoms with Crippen LogP contribution in [0.3, 0.4) is 0 Å². The molecule has 1 aliphatic rings. The van der Waals surface area contributed by atoms with Gasteiger partial charge < -0.3 is 14.8 Å². The summed E-state index contributed by atoms with van der Waals surface area (Å²) in [5, 5.41) is 2.20. The molecule has 0 saturated carbocycles. The molecule has 3 aromatic carbocycles. The van der Waals surface area contributed by atoms with Crippen LogP contribution in [-0.4, -0.2) is 35.6 Å². The van der Waals surface area contributed by atoms with Gasteiger partial charge in [0.05, 0.1) is 16.5 Å². The maximum Gasteiger partial charge on any atom is 0.294 e. The standard InChI is InChI=1S/C26H19Br2IN2O5S/c1-35-21-11-16(10-20(28)24(21)36-14-15-2-4-17(27)5-3-15)12-22-25(33)31(26(34)37-22)13-23(32)30-19-8-6-18(29)7-9-19/h2-12H,13-14H2,1H3,(H,30,32)/b22-12+. The number of anilines is 1. The fourth-order valence-electron chi connectivity index (χ4n) is 3.36. The van der Waals surface area contributed by atoms with Crippen molar-refractivity contribution in [1.29, 1.82) is 0 Å². The molecular formula is C26H19Br2IN2O5S. The Morgan fingerprint density at radius 1 is 1.08 bits per heavy atom. The van der Waals surface area contributed by atoms with Crippen LogP contribution in [0, 0.1) is 3.57 Å². The quantitative estimate of drug-likeness (QED) is 0.196. The molecule has 7 nitrogen and oxygen atoms in total. The maximum absolute atomic E-state index is 12.9. The van der Waals surface area contributed by atoms with Crippen LogP contribution in [0.4, 0.5) is 10.5 Å². The number of nitrogens with one attached hydrogen (secondary N) is 1. The Bertz CT molecular complexity index is 1380. The van der Waals surface area contributed by atoms with Crippen LogP contribution in [0.1, 0.15) is 11.1 Å². The van der Waals surface area contributed by atoms with E-state index < -0.39 is 17.1 Å². The van der Waals surface area contributed by atoms with E-state index in [1.54, 1.807) is 30.3 Å². The van der Waals surface area contributed by atoms with Crippen LogP contribution < -0.4 is 14.8 Å². The molecule has 0 spiro atoms. The average Bonchev–Trinajstić information content (AvgIpc) is 3.12. The van der Waals surface area contributed by atoms with Gasteiger partial charge in [-0.3, -0.25) is 19.3 Å².